The minimum atomic E-state index is 0.232. The van der Waals surface area contributed by atoms with E-state index in [2.05, 4.69) is 29.5 Å². The van der Waals surface area contributed by atoms with Crippen LogP contribution in [0.15, 0.2) is 0 Å². The van der Waals surface area contributed by atoms with Gasteiger partial charge in [-0.1, -0.05) is 0 Å². The third kappa shape index (κ3) is 4.58. The van der Waals surface area contributed by atoms with Crippen molar-refractivity contribution in [1.82, 2.24) is 15.5 Å². The number of carbonyl (C=O) groups excluding carboxylic acids is 1. The van der Waals surface area contributed by atoms with Gasteiger partial charge in [-0.15, -0.1) is 0 Å². The first-order valence-corrected chi connectivity index (χ1v) is 7.38. The molecule has 1 aliphatic heterocycles. The van der Waals surface area contributed by atoms with Crippen molar-refractivity contribution in [1.29, 1.82) is 0 Å². The zero-order valence-electron chi connectivity index (χ0n) is 11.7. The van der Waals surface area contributed by atoms with Crippen molar-refractivity contribution < 1.29 is 4.79 Å². The van der Waals surface area contributed by atoms with Crippen molar-refractivity contribution in [2.75, 3.05) is 20.1 Å². The third-order valence-corrected chi connectivity index (χ3v) is 4.16. The second-order valence-electron chi connectivity index (χ2n) is 5.95. The summed E-state index contributed by atoms with van der Waals surface area (Å²) in [6, 6.07) is 1.82. The Balaban J connectivity index is 1.51. The lowest BCUT2D eigenvalue weighted by molar-refractivity contribution is -0.121. The fourth-order valence-corrected chi connectivity index (χ4v) is 2.56. The lowest BCUT2D eigenvalue weighted by Crippen LogP contribution is -2.45. The normalized spacial score (nSPS) is 29.2. The highest BCUT2D eigenvalue weighted by atomic mass is 16.1. The van der Waals surface area contributed by atoms with E-state index in [-0.39, 0.29) is 5.91 Å². The van der Waals surface area contributed by atoms with Crippen LogP contribution in [0.5, 0.6) is 0 Å². The van der Waals surface area contributed by atoms with Crippen LogP contribution in [0.1, 0.15) is 45.4 Å². The maximum atomic E-state index is 11.5. The van der Waals surface area contributed by atoms with Gasteiger partial charge in [-0.25, -0.2) is 0 Å². The molecule has 1 saturated carbocycles. The predicted molar refractivity (Wildman–Crippen MR) is 73.5 cm³/mol. The minimum absolute atomic E-state index is 0.232. The van der Waals surface area contributed by atoms with Crippen LogP contribution < -0.4 is 10.6 Å². The Morgan fingerprint density at radius 3 is 2.72 bits per heavy atom. The molecule has 4 nitrogen and oxygen atoms in total. The molecule has 2 unspecified atom stereocenters. The number of carbonyl (C=O) groups is 1. The van der Waals surface area contributed by atoms with E-state index in [0.717, 1.165) is 13.0 Å². The number of hydrogen-bond acceptors (Lipinski definition) is 3. The van der Waals surface area contributed by atoms with E-state index < -0.39 is 0 Å². The van der Waals surface area contributed by atoms with E-state index in [4.69, 9.17) is 0 Å². The molecule has 2 N–H and O–H groups in total. The number of amides is 1. The Morgan fingerprint density at radius 1 is 1.28 bits per heavy atom. The molecule has 0 bridgehead atoms. The van der Waals surface area contributed by atoms with Gasteiger partial charge in [0.25, 0.3) is 0 Å². The Labute approximate surface area is 110 Å². The molecule has 1 saturated heterocycles. The maximum Gasteiger partial charge on any atom is 0.220 e. The molecule has 2 aliphatic rings. The maximum absolute atomic E-state index is 11.5. The molecule has 0 aromatic rings. The molecule has 1 heterocycles. The van der Waals surface area contributed by atoms with E-state index in [1.54, 1.807) is 0 Å². The van der Waals surface area contributed by atoms with Crippen molar-refractivity contribution in [2.24, 2.45) is 0 Å². The van der Waals surface area contributed by atoms with Crippen LogP contribution in [0.4, 0.5) is 0 Å². The summed E-state index contributed by atoms with van der Waals surface area (Å²) in [4.78, 5) is 13.9. The molecule has 2 rings (SSSR count). The number of likely N-dealkylation sites (tertiary alicyclic amines) is 1. The van der Waals surface area contributed by atoms with E-state index >= 15 is 0 Å². The second-order valence-corrected chi connectivity index (χ2v) is 5.95. The van der Waals surface area contributed by atoms with Crippen LogP contribution in [0.25, 0.3) is 0 Å². The fourth-order valence-electron chi connectivity index (χ4n) is 2.56. The zero-order valence-corrected chi connectivity index (χ0v) is 11.7. The van der Waals surface area contributed by atoms with E-state index in [1.165, 1.54) is 32.2 Å². The summed E-state index contributed by atoms with van der Waals surface area (Å²) >= 11 is 0. The van der Waals surface area contributed by atoms with Gasteiger partial charge < -0.3 is 15.5 Å². The van der Waals surface area contributed by atoms with Gasteiger partial charge in [0.1, 0.15) is 0 Å². The highest BCUT2D eigenvalue weighted by Gasteiger charge is 2.23. The SMILES string of the molecule is CC1CC(NCCCC(=O)NC2CC2)CCN1C. The van der Waals surface area contributed by atoms with Gasteiger partial charge in [-0.3, -0.25) is 4.79 Å². The average Bonchev–Trinajstić information content (AvgIpc) is 3.13. The molecule has 2 atom stereocenters. The van der Waals surface area contributed by atoms with Crippen LogP contribution in [0, 0.1) is 0 Å². The van der Waals surface area contributed by atoms with Gasteiger partial charge in [0, 0.05) is 24.5 Å². The van der Waals surface area contributed by atoms with Crippen LogP contribution in [-0.4, -0.2) is 49.1 Å². The highest BCUT2D eigenvalue weighted by Crippen LogP contribution is 2.18. The second kappa shape index (κ2) is 6.53. The molecular formula is C14H27N3O. The Bertz CT molecular complexity index is 278. The molecule has 0 radical (unpaired) electrons. The predicted octanol–water partition coefficient (Wildman–Crippen LogP) is 1.12. The van der Waals surface area contributed by atoms with Gasteiger partial charge in [0.05, 0.1) is 0 Å². The van der Waals surface area contributed by atoms with Gasteiger partial charge in [-0.05, 0) is 59.2 Å². The smallest absolute Gasteiger partial charge is 0.220 e. The molecular weight excluding hydrogens is 226 g/mol. The Hall–Kier alpha value is -0.610. The fraction of sp³-hybridized carbons (Fsp3) is 0.929. The Morgan fingerprint density at radius 2 is 2.06 bits per heavy atom. The van der Waals surface area contributed by atoms with Crippen molar-refractivity contribution in [3.8, 4) is 0 Å². The first-order chi connectivity index (χ1) is 8.65. The van der Waals surface area contributed by atoms with Crippen LogP contribution in [0.2, 0.25) is 0 Å². The molecule has 4 heteroatoms. The summed E-state index contributed by atoms with van der Waals surface area (Å²) in [5.74, 6) is 0.232. The standard InChI is InChI=1S/C14H27N3O/c1-11-10-13(7-9-17(11)2)15-8-3-4-14(18)16-12-5-6-12/h11-13,15H,3-10H2,1-2H3,(H,16,18). The first kappa shape index (κ1) is 13.8. The third-order valence-electron chi connectivity index (χ3n) is 4.16. The molecule has 1 amide bonds. The van der Waals surface area contributed by atoms with Crippen LogP contribution in [0.3, 0.4) is 0 Å². The van der Waals surface area contributed by atoms with Crippen molar-refractivity contribution >= 4 is 5.91 Å². The molecule has 0 aromatic carbocycles. The Kier molecular flexibility index (Phi) is 5.01. The van der Waals surface area contributed by atoms with Gasteiger partial charge in [-0.2, -0.15) is 0 Å². The minimum Gasteiger partial charge on any atom is -0.353 e. The molecule has 2 fully saturated rings. The van der Waals surface area contributed by atoms with E-state index in [1.807, 2.05) is 0 Å². The van der Waals surface area contributed by atoms with Crippen molar-refractivity contribution in [3.05, 3.63) is 0 Å². The number of nitrogens with one attached hydrogen (secondary N) is 2. The molecule has 104 valence electrons. The summed E-state index contributed by atoms with van der Waals surface area (Å²) < 4.78 is 0. The first-order valence-electron chi connectivity index (χ1n) is 7.38. The van der Waals surface area contributed by atoms with Gasteiger partial charge in [0.2, 0.25) is 5.91 Å². The van der Waals surface area contributed by atoms with Crippen LogP contribution >= 0.6 is 0 Å². The number of piperidine rings is 1. The lowest BCUT2D eigenvalue weighted by Gasteiger charge is -2.35. The zero-order chi connectivity index (χ0) is 13.0. The summed E-state index contributed by atoms with van der Waals surface area (Å²) in [6.45, 7) is 4.44. The van der Waals surface area contributed by atoms with Gasteiger partial charge in [0.15, 0.2) is 0 Å². The number of hydrogen-bond donors (Lipinski definition) is 2. The quantitative estimate of drug-likeness (QED) is 0.697. The topological polar surface area (TPSA) is 44.4 Å². The molecule has 0 spiro atoms. The monoisotopic (exact) mass is 253 g/mol. The van der Waals surface area contributed by atoms with E-state index in [0.29, 0.717) is 24.5 Å². The summed E-state index contributed by atoms with van der Waals surface area (Å²) in [5.41, 5.74) is 0. The van der Waals surface area contributed by atoms with Crippen molar-refractivity contribution in [3.63, 3.8) is 0 Å². The average molecular weight is 253 g/mol. The van der Waals surface area contributed by atoms with E-state index in [9.17, 15) is 4.79 Å². The molecule has 1 aliphatic carbocycles. The lowest BCUT2D eigenvalue weighted by atomic mass is 9.99. The largest absolute Gasteiger partial charge is 0.353 e. The molecule has 0 aromatic heterocycles. The number of nitrogens with zero attached hydrogens (tertiary/aromatic N) is 1. The summed E-state index contributed by atoms with van der Waals surface area (Å²) in [7, 11) is 2.20. The van der Waals surface area contributed by atoms with Crippen LogP contribution in [-0.2, 0) is 4.79 Å². The van der Waals surface area contributed by atoms with Crippen molar-refractivity contribution in [2.45, 2.75) is 63.6 Å². The number of rotatable bonds is 6. The highest BCUT2D eigenvalue weighted by molar-refractivity contribution is 5.76. The summed E-state index contributed by atoms with van der Waals surface area (Å²) in [6.07, 6.45) is 6.44. The van der Waals surface area contributed by atoms with Gasteiger partial charge >= 0.3 is 0 Å². The summed E-state index contributed by atoms with van der Waals surface area (Å²) in [5, 5.41) is 6.62. The molecule has 18 heavy (non-hydrogen) atoms.